The van der Waals surface area contributed by atoms with Crippen LogP contribution in [-0.2, 0) is 0 Å². The van der Waals surface area contributed by atoms with Crippen molar-refractivity contribution in [1.29, 1.82) is 0 Å². The highest BCUT2D eigenvalue weighted by atomic mass is 15.2. The number of nitrogens with zero attached hydrogens (tertiary/aromatic N) is 3. The van der Waals surface area contributed by atoms with Crippen molar-refractivity contribution >= 4 is 0 Å². The van der Waals surface area contributed by atoms with E-state index in [0.29, 0.717) is 0 Å². The van der Waals surface area contributed by atoms with Gasteiger partial charge in [0, 0.05) is 51.9 Å². The van der Waals surface area contributed by atoms with Gasteiger partial charge in [-0.05, 0) is 33.0 Å². The molecular weight excluding hydrogens is 224 g/mol. The molecule has 2 unspecified atom stereocenters. The van der Waals surface area contributed by atoms with Gasteiger partial charge in [-0.3, -0.25) is 0 Å². The first-order valence-electron chi connectivity index (χ1n) is 7.47. The summed E-state index contributed by atoms with van der Waals surface area (Å²) in [6.07, 6.45) is 1.34. The van der Waals surface area contributed by atoms with Gasteiger partial charge in [-0.15, -0.1) is 0 Å². The Hall–Kier alpha value is -0.160. The van der Waals surface area contributed by atoms with E-state index in [1.807, 2.05) is 0 Å². The summed E-state index contributed by atoms with van der Waals surface area (Å²) in [5.41, 5.74) is 0. The van der Waals surface area contributed by atoms with Gasteiger partial charge in [-0.25, -0.2) is 0 Å². The largest absolute Gasteiger partial charge is 0.314 e. The van der Waals surface area contributed by atoms with E-state index in [4.69, 9.17) is 0 Å². The van der Waals surface area contributed by atoms with Crippen molar-refractivity contribution in [3.05, 3.63) is 0 Å². The minimum Gasteiger partial charge on any atom is -0.314 e. The molecule has 0 spiro atoms. The summed E-state index contributed by atoms with van der Waals surface area (Å²) in [7, 11) is 4.54. The molecule has 18 heavy (non-hydrogen) atoms. The van der Waals surface area contributed by atoms with Gasteiger partial charge in [0.05, 0.1) is 0 Å². The highest BCUT2D eigenvalue weighted by Crippen LogP contribution is 2.14. The lowest BCUT2D eigenvalue weighted by Crippen LogP contribution is -2.46. The fourth-order valence-electron chi connectivity index (χ4n) is 3.30. The predicted octanol–water partition coefficient (Wildman–Crippen LogP) is 0.164. The van der Waals surface area contributed by atoms with E-state index in [1.54, 1.807) is 0 Å². The summed E-state index contributed by atoms with van der Waals surface area (Å²) in [5.74, 6) is 0.777. The maximum atomic E-state index is 3.42. The van der Waals surface area contributed by atoms with Crippen molar-refractivity contribution in [2.75, 3.05) is 66.5 Å². The predicted molar refractivity (Wildman–Crippen MR) is 77.0 cm³/mol. The van der Waals surface area contributed by atoms with Crippen molar-refractivity contribution in [3.8, 4) is 0 Å². The molecule has 0 saturated carbocycles. The number of hydrogen-bond acceptors (Lipinski definition) is 4. The summed E-state index contributed by atoms with van der Waals surface area (Å²) in [5, 5.41) is 3.42. The maximum Gasteiger partial charge on any atom is 0.0232 e. The van der Waals surface area contributed by atoms with Gasteiger partial charge in [0.1, 0.15) is 0 Å². The molecule has 2 rings (SSSR count). The second-order valence-electron chi connectivity index (χ2n) is 6.30. The van der Waals surface area contributed by atoms with Gasteiger partial charge < -0.3 is 20.0 Å². The molecule has 0 aromatic rings. The van der Waals surface area contributed by atoms with Crippen LogP contribution < -0.4 is 5.32 Å². The number of piperazine rings is 1. The van der Waals surface area contributed by atoms with Crippen LogP contribution in [0.15, 0.2) is 0 Å². The average molecular weight is 254 g/mol. The van der Waals surface area contributed by atoms with Gasteiger partial charge in [-0.1, -0.05) is 6.92 Å². The van der Waals surface area contributed by atoms with Crippen LogP contribution >= 0.6 is 0 Å². The first kappa shape index (κ1) is 14.3. The fourth-order valence-corrected chi connectivity index (χ4v) is 3.30. The Bertz CT molecular complexity index is 240. The quantitative estimate of drug-likeness (QED) is 0.755. The van der Waals surface area contributed by atoms with Crippen molar-refractivity contribution in [1.82, 2.24) is 20.0 Å². The lowest BCUT2D eigenvalue weighted by atomic mass is 10.1. The summed E-state index contributed by atoms with van der Waals surface area (Å²) in [6.45, 7) is 12.2. The van der Waals surface area contributed by atoms with Crippen LogP contribution in [0.25, 0.3) is 0 Å². The fraction of sp³-hybridized carbons (Fsp3) is 1.00. The second kappa shape index (κ2) is 6.85. The van der Waals surface area contributed by atoms with Crippen LogP contribution in [0.3, 0.4) is 0 Å². The smallest absolute Gasteiger partial charge is 0.0232 e. The van der Waals surface area contributed by atoms with Gasteiger partial charge in [0.2, 0.25) is 0 Å². The summed E-state index contributed by atoms with van der Waals surface area (Å²) >= 11 is 0. The molecule has 2 aliphatic rings. The summed E-state index contributed by atoms with van der Waals surface area (Å²) in [4.78, 5) is 7.63. The first-order chi connectivity index (χ1) is 8.65. The van der Waals surface area contributed by atoms with E-state index >= 15 is 0 Å². The summed E-state index contributed by atoms with van der Waals surface area (Å²) < 4.78 is 0. The Morgan fingerprint density at radius 1 is 1.28 bits per heavy atom. The van der Waals surface area contributed by atoms with Crippen molar-refractivity contribution in [3.63, 3.8) is 0 Å². The van der Waals surface area contributed by atoms with E-state index in [1.165, 1.54) is 45.7 Å². The van der Waals surface area contributed by atoms with Crippen molar-refractivity contribution in [2.24, 2.45) is 5.92 Å². The van der Waals surface area contributed by atoms with Crippen LogP contribution in [0.4, 0.5) is 0 Å². The lowest BCUT2D eigenvalue weighted by molar-refractivity contribution is 0.162. The maximum absolute atomic E-state index is 3.42. The number of rotatable bonds is 5. The third-order valence-electron chi connectivity index (χ3n) is 4.37. The Balaban J connectivity index is 1.67. The Kier molecular flexibility index (Phi) is 5.42. The molecule has 2 saturated heterocycles. The van der Waals surface area contributed by atoms with Crippen LogP contribution in [0.2, 0.25) is 0 Å². The summed E-state index contributed by atoms with van der Waals surface area (Å²) in [6, 6.07) is 0.778. The molecule has 0 aliphatic carbocycles. The van der Waals surface area contributed by atoms with Crippen molar-refractivity contribution in [2.45, 2.75) is 19.4 Å². The van der Waals surface area contributed by atoms with E-state index < -0.39 is 0 Å². The van der Waals surface area contributed by atoms with Crippen LogP contribution in [0, 0.1) is 5.92 Å². The van der Waals surface area contributed by atoms with E-state index in [-0.39, 0.29) is 0 Å². The van der Waals surface area contributed by atoms with Crippen LogP contribution in [0.5, 0.6) is 0 Å². The molecule has 4 nitrogen and oxygen atoms in total. The number of likely N-dealkylation sites (N-methyl/N-ethyl adjacent to an activating group) is 2. The van der Waals surface area contributed by atoms with Gasteiger partial charge in [0.15, 0.2) is 0 Å². The zero-order valence-corrected chi connectivity index (χ0v) is 12.4. The van der Waals surface area contributed by atoms with Crippen LogP contribution in [0.1, 0.15) is 13.3 Å². The molecule has 2 atom stereocenters. The molecule has 0 aromatic carbocycles. The first-order valence-corrected chi connectivity index (χ1v) is 7.47. The Labute approximate surface area is 112 Å². The third-order valence-corrected chi connectivity index (χ3v) is 4.37. The van der Waals surface area contributed by atoms with Gasteiger partial charge in [0.25, 0.3) is 0 Å². The number of hydrogen-bond donors (Lipinski definition) is 1. The molecule has 0 radical (unpaired) electrons. The molecule has 0 aromatic heterocycles. The second-order valence-corrected chi connectivity index (χ2v) is 6.30. The topological polar surface area (TPSA) is 21.8 Å². The molecular formula is C14H30N4. The molecule has 0 bridgehead atoms. The Morgan fingerprint density at radius 2 is 2.00 bits per heavy atom. The highest BCUT2D eigenvalue weighted by Gasteiger charge is 2.24. The number of likely N-dealkylation sites (tertiary alicyclic amines) is 1. The molecule has 1 N–H and O–H groups in total. The van der Waals surface area contributed by atoms with E-state index in [9.17, 15) is 0 Å². The number of nitrogens with one attached hydrogen (secondary N) is 1. The highest BCUT2D eigenvalue weighted by molar-refractivity contribution is 4.81. The third kappa shape index (κ3) is 4.19. The molecule has 2 heterocycles. The zero-order valence-electron chi connectivity index (χ0n) is 12.4. The SMILES string of the molecule is CC(CN1CCNCC1)CN(C)C1CCN(C)C1. The minimum atomic E-state index is 0.777. The molecule has 4 heteroatoms. The lowest BCUT2D eigenvalue weighted by Gasteiger charge is -2.32. The monoisotopic (exact) mass is 254 g/mol. The van der Waals surface area contributed by atoms with Gasteiger partial charge >= 0.3 is 0 Å². The van der Waals surface area contributed by atoms with Gasteiger partial charge in [-0.2, -0.15) is 0 Å². The molecule has 106 valence electrons. The normalized spacial score (nSPS) is 29.0. The van der Waals surface area contributed by atoms with Crippen LogP contribution in [-0.4, -0.2) is 87.2 Å². The minimum absolute atomic E-state index is 0.777. The van der Waals surface area contributed by atoms with E-state index in [2.05, 4.69) is 41.0 Å². The zero-order chi connectivity index (χ0) is 13.0. The average Bonchev–Trinajstić information content (AvgIpc) is 2.77. The molecule has 2 fully saturated rings. The molecule has 2 aliphatic heterocycles. The van der Waals surface area contributed by atoms with Crippen molar-refractivity contribution < 1.29 is 0 Å². The standard InChI is InChI=1S/C14H30N4/c1-13(11-18-8-5-15-6-9-18)10-17(3)14-4-7-16(2)12-14/h13-15H,4-12H2,1-3H3. The Morgan fingerprint density at radius 3 is 2.61 bits per heavy atom. The molecule has 0 amide bonds. The van der Waals surface area contributed by atoms with E-state index in [0.717, 1.165) is 25.0 Å².